The highest BCUT2D eigenvalue weighted by molar-refractivity contribution is 6.30. The Hall–Kier alpha value is -1.26. The molecule has 80 valence electrons. The summed E-state index contributed by atoms with van der Waals surface area (Å²) in [5.74, 6) is 0. The lowest BCUT2D eigenvalue weighted by molar-refractivity contribution is 0.150. The first kappa shape index (κ1) is 10.3. The predicted octanol–water partition coefficient (Wildman–Crippen LogP) is 2.29. The summed E-state index contributed by atoms with van der Waals surface area (Å²) in [4.78, 5) is 11.2. The van der Waals surface area contributed by atoms with Gasteiger partial charge in [-0.3, -0.25) is 5.32 Å². The van der Waals surface area contributed by atoms with Gasteiger partial charge in [0.15, 0.2) is 0 Å². The molecule has 0 saturated carbocycles. The van der Waals surface area contributed by atoms with Crippen molar-refractivity contribution >= 4 is 23.4 Å². The Morgan fingerprint density at radius 1 is 1.67 bits per heavy atom. The second-order valence-corrected chi connectivity index (χ2v) is 3.63. The van der Waals surface area contributed by atoms with E-state index in [-0.39, 0.29) is 6.10 Å². The lowest BCUT2D eigenvalue weighted by Crippen LogP contribution is -2.16. The molecule has 1 aromatic rings. The van der Waals surface area contributed by atoms with Crippen molar-refractivity contribution in [3.05, 3.63) is 29.3 Å². The summed E-state index contributed by atoms with van der Waals surface area (Å²) in [6.07, 6.45) is -0.414. The van der Waals surface area contributed by atoms with Crippen molar-refractivity contribution in [2.45, 2.75) is 6.10 Å². The zero-order valence-electron chi connectivity index (χ0n) is 7.90. The van der Waals surface area contributed by atoms with Gasteiger partial charge in [-0.1, -0.05) is 17.7 Å². The summed E-state index contributed by atoms with van der Waals surface area (Å²) in [5, 5.41) is 3.13. The van der Waals surface area contributed by atoms with E-state index in [0.29, 0.717) is 23.9 Å². The molecule has 1 aliphatic heterocycles. The summed E-state index contributed by atoms with van der Waals surface area (Å²) in [6.45, 7) is 0.969. The molecule has 1 amide bonds. The minimum Gasteiger partial charge on any atom is -0.446 e. The van der Waals surface area contributed by atoms with Gasteiger partial charge in [0.05, 0.1) is 6.61 Å². The fraction of sp³-hybridized carbons (Fsp3) is 0.300. The maximum absolute atomic E-state index is 11.2. The highest BCUT2D eigenvalue weighted by Crippen LogP contribution is 2.15. The van der Waals surface area contributed by atoms with E-state index >= 15 is 0 Å². The molecular weight excluding hydrogens is 218 g/mol. The normalized spacial score (nSPS) is 18.3. The number of benzene rings is 1. The average molecular weight is 228 g/mol. The van der Waals surface area contributed by atoms with Crippen LogP contribution >= 0.6 is 11.6 Å². The molecule has 1 atom stereocenters. The van der Waals surface area contributed by atoms with Gasteiger partial charge in [0.1, 0.15) is 12.7 Å². The second kappa shape index (κ2) is 4.51. The van der Waals surface area contributed by atoms with E-state index in [1.165, 1.54) is 0 Å². The molecule has 1 heterocycles. The van der Waals surface area contributed by atoms with Gasteiger partial charge < -0.3 is 9.47 Å². The Bertz CT molecular complexity index is 365. The molecule has 0 bridgehead atoms. The predicted molar refractivity (Wildman–Crippen MR) is 56.2 cm³/mol. The number of amides is 1. The largest absolute Gasteiger partial charge is 0.446 e. The Balaban J connectivity index is 1.81. The minimum atomic E-state index is -0.493. The van der Waals surface area contributed by atoms with Gasteiger partial charge in [0, 0.05) is 10.7 Å². The van der Waals surface area contributed by atoms with Gasteiger partial charge in [-0.15, -0.1) is 0 Å². The first-order valence-electron chi connectivity index (χ1n) is 4.55. The van der Waals surface area contributed by atoms with Crippen molar-refractivity contribution in [2.24, 2.45) is 0 Å². The molecule has 15 heavy (non-hydrogen) atoms. The number of carbonyl (C=O) groups excluding carboxylic acids is 1. The van der Waals surface area contributed by atoms with Crippen molar-refractivity contribution in [2.75, 3.05) is 18.5 Å². The summed E-state index contributed by atoms with van der Waals surface area (Å²) in [5.41, 5.74) is 0.615. The van der Waals surface area contributed by atoms with Gasteiger partial charge in [-0.2, -0.15) is 0 Å². The maximum atomic E-state index is 11.2. The van der Waals surface area contributed by atoms with Crippen molar-refractivity contribution in [1.82, 2.24) is 0 Å². The molecule has 4 nitrogen and oxygen atoms in total. The van der Waals surface area contributed by atoms with Crippen LogP contribution in [0.1, 0.15) is 0 Å². The second-order valence-electron chi connectivity index (χ2n) is 3.19. The van der Waals surface area contributed by atoms with E-state index in [2.05, 4.69) is 5.32 Å². The van der Waals surface area contributed by atoms with E-state index in [4.69, 9.17) is 21.1 Å². The zero-order valence-corrected chi connectivity index (χ0v) is 8.66. The first-order chi connectivity index (χ1) is 7.24. The minimum absolute atomic E-state index is 0.0788. The van der Waals surface area contributed by atoms with Crippen LogP contribution in [0.15, 0.2) is 24.3 Å². The molecule has 5 heteroatoms. The zero-order chi connectivity index (χ0) is 10.7. The number of carbonyl (C=O) groups is 1. The van der Waals surface area contributed by atoms with E-state index in [1.54, 1.807) is 24.3 Å². The van der Waals surface area contributed by atoms with Gasteiger partial charge in [-0.05, 0) is 18.2 Å². The topological polar surface area (TPSA) is 50.9 Å². The highest BCUT2D eigenvalue weighted by Gasteiger charge is 2.24. The van der Waals surface area contributed by atoms with Crippen molar-refractivity contribution in [1.29, 1.82) is 0 Å². The van der Waals surface area contributed by atoms with Crippen LogP contribution in [0.2, 0.25) is 5.02 Å². The molecule has 1 fully saturated rings. The average Bonchev–Trinajstić information content (AvgIpc) is 2.98. The third-order valence-corrected chi connectivity index (χ3v) is 2.11. The molecule has 1 aliphatic rings. The number of rotatable bonds is 3. The lowest BCUT2D eigenvalue weighted by atomic mass is 10.3. The molecule has 0 spiro atoms. The van der Waals surface area contributed by atoms with Crippen molar-refractivity contribution in [3.8, 4) is 0 Å². The Labute approximate surface area is 92.1 Å². The molecule has 1 saturated heterocycles. The molecule has 0 aliphatic carbocycles. The molecular formula is C10H10ClNO3. The monoisotopic (exact) mass is 227 g/mol. The summed E-state index contributed by atoms with van der Waals surface area (Å²) < 4.78 is 9.79. The summed E-state index contributed by atoms with van der Waals surface area (Å²) >= 11 is 5.75. The fourth-order valence-corrected chi connectivity index (χ4v) is 1.24. The molecule has 0 radical (unpaired) electrons. The Morgan fingerprint density at radius 3 is 3.13 bits per heavy atom. The SMILES string of the molecule is O=C(Nc1cccc(Cl)c1)OCC1CO1. The van der Waals surface area contributed by atoms with Crippen molar-refractivity contribution in [3.63, 3.8) is 0 Å². The third-order valence-electron chi connectivity index (χ3n) is 1.87. The van der Waals surface area contributed by atoms with Gasteiger partial charge in [0.2, 0.25) is 0 Å². The van der Waals surface area contributed by atoms with Crippen LogP contribution in [0.4, 0.5) is 10.5 Å². The smallest absolute Gasteiger partial charge is 0.411 e. The van der Waals surface area contributed by atoms with Gasteiger partial charge >= 0.3 is 6.09 Å². The quantitative estimate of drug-likeness (QED) is 0.806. The highest BCUT2D eigenvalue weighted by atomic mass is 35.5. The molecule has 2 rings (SSSR count). The van der Waals surface area contributed by atoms with Crippen LogP contribution in [-0.2, 0) is 9.47 Å². The van der Waals surface area contributed by atoms with E-state index in [0.717, 1.165) is 0 Å². The van der Waals surface area contributed by atoms with Gasteiger partial charge in [-0.25, -0.2) is 4.79 Å². The Morgan fingerprint density at radius 2 is 2.47 bits per heavy atom. The number of nitrogens with one attached hydrogen (secondary N) is 1. The standard InChI is InChI=1S/C10H10ClNO3/c11-7-2-1-3-8(4-7)12-10(13)15-6-9-5-14-9/h1-4,9H,5-6H2,(H,12,13). The summed E-state index contributed by atoms with van der Waals surface area (Å²) in [6, 6.07) is 6.87. The molecule has 0 aromatic heterocycles. The summed E-state index contributed by atoms with van der Waals surface area (Å²) in [7, 11) is 0. The Kier molecular flexibility index (Phi) is 3.08. The third kappa shape index (κ3) is 3.42. The number of ether oxygens (including phenoxy) is 2. The first-order valence-corrected chi connectivity index (χ1v) is 4.93. The van der Waals surface area contributed by atoms with Crippen molar-refractivity contribution < 1.29 is 14.3 Å². The molecule has 1 unspecified atom stereocenters. The molecule has 1 aromatic carbocycles. The fourth-order valence-electron chi connectivity index (χ4n) is 1.05. The maximum Gasteiger partial charge on any atom is 0.411 e. The van der Waals surface area contributed by atoms with Crippen LogP contribution < -0.4 is 5.32 Å². The van der Waals surface area contributed by atoms with Crippen LogP contribution in [0.3, 0.4) is 0 Å². The van der Waals surface area contributed by atoms with E-state index in [1.807, 2.05) is 0 Å². The number of epoxide rings is 1. The number of hydrogen-bond donors (Lipinski definition) is 1. The van der Waals surface area contributed by atoms with E-state index < -0.39 is 6.09 Å². The van der Waals surface area contributed by atoms with Crippen LogP contribution in [0.5, 0.6) is 0 Å². The lowest BCUT2D eigenvalue weighted by Gasteiger charge is -2.05. The molecule has 1 N–H and O–H groups in total. The van der Waals surface area contributed by atoms with Gasteiger partial charge in [0.25, 0.3) is 0 Å². The number of anilines is 1. The van der Waals surface area contributed by atoms with E-state index in [9.17, 15) is 4.79 Å². The number of halogens is 1. The van der Waals surface area contributed by atoms with Crippen LogP contribution in [-0.4, -0.2) is 25.4 Å². The van der Waals surface area contributed by atoms with Crippen LogP contribution in [0.25, 0.3) is 0 Å². The van der Waals surface area contributed by atoms with Crippen LogP contribution in [0, 0.1) is 0 Å². The number of hydrogen-bond acceptors (Lipinski definition) is 3.